The number of hydrogen-bond acceptors (Lipinski definition) is 10. The summed E-state index contributed by atoms with van der Waals surface area (Å²) >= 11 is 0. The SMILES string of the molecule is CCOC(=O)c1ccc(C2(c3ccc(CC)cc3)c3cc(C)ccc3-c3ccc(C)cc32)cc1.CCOCCOc1ccc(C2(c3ccc(OCCOCC)cc3)c3cc(C)ccc3-c3ccc(C)cc32)cc1.COc1ccc(C2(c3ccc(OC)cc3)c3cc(C)ccc3-c3ccc(C)cc32)cc1.Cc1ccc2c(c1)C1(c3cc(C)ccc3-2)c2cc(C(C)(C)C)ccc2-c2ccc(C(C)(C)C)cc21.O=C=O. The number of esters is 1. The molecule has 0 unspecified atom stereocenters. The Morgan fingerprint density at radius 2 is 0.479 bits per heavy atom. The van der Waals surface area contributed by atoms with E-state index in [0.29, 0.717) is 51.8 Å². The maximum absolute atomic E-state index is 12.4. The first-order chi connectivity index (χ1) is 68.5. The molecule has 142 heavy (non-hydrogen) atoms. The van der Waals surface area contributed by atoms with Crippen LogP contribution in [-0.4, -0.2) is 72.6 Å². The third-order valence-electron chi connectivity index (χ3n) is 29.3. The summed E-state index contributed by atoms with van der Waals surface area (Å²) < 4.78 is 39.0. The number of aryl methyl sites for hydroxylation is 9. The van der Waals surface area contributed by atoms with Crippen LogP contribution < -0.4 is 18.9 Å². The molecule has 21 rings (SSSR count). The molecule has 0 aliphatic heterocycles. The highest BCUT2D eigenvalue weighted by Crippen LogP contribution is 2.66. The highest BCUT2D eigenvalue weighted by molar-refractivity contribution is 5.97. The summed E-state index contributed by atoms with van der Waals surface area (Å²) in [5.41, 5.74) is 47.5. The Balaban J connectivity index is 0.000000129. The van der Waals surface area contributed by atoms with Crippen LogP contribution in [0.25, 0.3) is 55.6 Å². The zero-order valence-electron chi connectivity index (χ0n) is 85.9. The molecule has 5 aliphatic carbocycles. The molecule has 0 heterocycles. The maximum Gasteiger partial charge on any atom is 0.373 e. The molecule has 0 amide bonds. The Kier molecular flexibility index (Phi) is 28.6. The number of carbonyl (C=O) groups is 1. The van der Waals surface area contributed by atoms with E-state index in [9.17, 15) is 4.79 Å². The third kappa shape index (κ3) is 18.0. The van der Waals surface area contributed by atoms with Gasteiger partial charge in [-0.25, -0.2) is 4.79 Å². The molecule has 10 heteroatoms. The Labute approximate surface area is 840 Å². The first-order valence-corrected chi connectivity index (χ1v) is 50.0. The van der Waals surface area contributed by atoms with E-state index in [0.717, 1.165) is 35.0 Å². The molecule has 0 radical (unpaired) electrons. The lowest BCUT2D eigenvalue weighted by Gasteiger charge is -2.34. The molecule has 10 nitrogen and oxygen atoms in total. The van der Waals surface area contributed by atoms with Crippen LogP contribution in [0.15, 0.2) is 328 Å². The molecule has 0 aromatic heterocycles. The van der Waals surface area contributed by atoms with E-state index in [4.69, 9.17) is 42.7 Å². The number of ether oxygens (including phenoxy) is 7. The summed E-state index contributed by atoms with van der Waals surface area (Å²) in [6.07, 6.45) is 1.26. The van der Waals surface area contributed by atoms with Gasteiger partial charge in [-0.05, 0) is 315 Å². The number of benzene rings is 16. The highest BCUT2D eigenvalue weighted by Gasteiger charge is 2.54. The Hall–Kier alpha value is -14.5. The van der Waals surface area contributed by atoms with Gasteiger partial charge >= 0.3 is 12.1 Å². The van der Waals surface area contributed by atoms with Gasteiger partial charge in [0.25, 0.3) is 0 Å². The van der Waals surface area contributed by atoms with Crippen LogP contribution in [0.2, 0.25) is 0 Å². The monoisotopic (exact) mass is 1870 g/mol. The summed E-state index contributed by atoms with van der Waals surface area (Å²) in [4.78, 5) is 28.6. The molecule has 0 atom stereocenters. The molecule has 16 aromatic rings. The standard InChI is InChI=1S/C35H38O4.C35H36.C32H30O2.C29H26O2.CO2/c1-5-36-19-21-38-29-13-9-27(10-14-29)35(28-11-15-30(16-12-28)39-22-20-37-6-2)33-23-25(3)7-17-31(33)32-18-8-26(4)24-34(32)35;1-21-9-13-25-26-14-10-22(2)18-30(26)35(29(25)17-21)31-19-23(33(3,4)5)11-15-27(31)28-16-12-24(20-32(28)35)34(6,7)8;1-5-23-9-13-25(14-10-23)32(26-15-11-24(12-16-26)31(33)34-6-2)29-19-21(3)7-17-27(29)28-18-8-22(4)20-30(28)32;1-19-5-15-25-26-16-6-20(2)18-28(26)29(27(25)17-19,21-7-11-23(30-3)12-8-21)22-9-13-24(31-4)14-10-22;2-1-3/h7-18,23-24H,5-6,19-22H2,1-4H3;9-20H,1-8H3;7-20H,5-6H2,1-4H3;5-18H,1-4H3;. The first kappa shape index (κ1) is 99.1. The number of fused-ring (bicyclic) bond motifs is 19. The van der Waals surface area contributed by atoms with Crippen LogP contribution in [0.1, 0.15) is 230 Å². The molecule has 0 N–H and O–H groups in total. The van der Waals surface area contributed by atoms with Gasteiger partial charge in [0, 0.05) is 13.2 Å². The highest BCUT2D eigenvalue weighted by atomic mass is 16.5. The van der Waals surface area contributed by atoms with E-state index in [2.05, 4.69) is 419 Å². The average Bonchev–Trinajstić information content (AvgIpc) is 1.50. The van der Waals surface area contributed by atoms with Gasteiger partial charge in [-0.2, -0.15) is 9.59 Å². The maximum atomic E-state index is 12.4. The Morgan fingerprint density at radius 3 is 0.704 bits per heavy atom. The quantitative estimate of drug-likeness (QED) is 0.0509. The van der Waals surface area contributed by atoms with Gasteiger partial charge in [0.1, 0.15) is 36.2 Å². The van der Waals surface area contributed by atoms with Crippen LogP contribution in [-0.2, 0) is 62.7 Å². The third-order valence-corrected chi connectivity index (χ3v) is 29.3. The van der Waals surface area contributed by atoms with Crippen LogP contribution in [0.4, 0.5) is 0 Å². The zero-order valence-corrected chi connectivity index (χ0v) is 85.9. The van der Waals surface area contributed by atoms with E-state index >= 15 is 0 Å². The fourth-order valence-corrected chi connectivity index (χ4v) is 22.5. The lowest BCUT2D eigenvalue weighted by atomic mass is 9.67. The molecule has 0 saturated carbocycles. The van der Waals surface area contributed by atoms with Crippen molar-refractivity contribution in [2.75, 3.05) is 60.5 Å². The molecule has 1 spiro atoms. The molecule has 0 bridgehead atoms. The van der Waals surface area contributed by atoms with Crippen molar-refractivity contribution in [3.63, 3.8) is 0 Å². The first-order valence-electron chi connectivity index (χ1n) is 50.0. The van der Waals surface area contributed by atoms with Crippen molar-refractivity contribution in [3.8, 4) is 78.6 Å². The summed E-state index contributed by atoms with van der Waals surface area (Å²) in [6.45, 7) is 43.4. The van der Waals surface area contributed by atoms with Gasteiger partial charge in [0.15, 0.2) is 0 Å². The van der Waals surface area contributed by atoms with E-state index in [-0.39, 0.29) is 28.4 Å². The number of carbonyl (C=O) groups excluding carboxylic acids is 3. The van der Waals surface area contributed by atoms with Crippen molar-refractivity contribution < 1.29 is 47.5 Å². The minimum atomic E-state index is -0.462. The van der Waals surface area contributed by atoms with Gasteiger partial charge in [0.2, 0.25) is 0 Å². The Bertz CT molecular complexity index is 7000. The van der Waals surface area contributed by atoms with Crippen LogP contribution in [0.3, 0.4) is 0 Å². The molecule has 0 saturated heterocycles. The number of hydrogen-bond donors (Lipinski definition) is 0. The van der Waals surface area contributed by atoms with Crippen molar-refractivity contribution in [2.24, 2.45) is 0 Å². The molecular weight excluding hydrogens is 1750 g/mol. The fourth-order valence-electron chi connectivity index (χ4n) is 22.5. The predicted octanol–water partition coefficient (Wildman–Crippen LogP) is 30.2. The van der Waals surface area contributed by atoms with Crippen LogP contribution in [0.5, 0.6) is 23.0 Å². The van der Waals surface area contributed by atoms with E-state index in [1.165, 1.54) is 200 Å². The fraction of sp³-hybridized carbons (Fsp3) is 0.258. The predicted molar refractivity (Wildman–Crippen MR) is 577 cm³/mol. The van der Waals surface area contributed by atoms with E-state index in [1.807, 2.05) is 32.9 Å². The number of rotatable bonds is 21. The van der Waals surface area contributed by atoms with Crippen molar-refractivity contribution in [1.29, 1.82) is 0 Å². The van der Waals surface area contributed by atoms with Gasteiger partial charge in [-0.15, -0.1) is 0 Å². The topological polar surface area (TPSA) is 116 Å². The summed E-state index contributed by atoms with van der Waals surface area (Å²) in [5.74, 6) is 3.13. The van der Waals surface area contributed by atoms with Gasteiger partial charge < -0.3 is 33.2 Å². The Morgan fingerprint density at radius 1 is 0.261 bits per heavy atom. The van der Waals surface area contributed by atoms with E-state index < -0.39 is 16.2 Å². The molecule has 5 aliphatic rings. The van der Waals surface area contributed by atoms with Crippen LogP contribution in [0, 0.1) is 55.4 Å². The minimum Gasteiger partial charge on any atom is -0.497 e. The van der Waals surface area contributed by atoms with Crippen molar-refractivity contribution in [3.05, 3.63) is 483 Å². The number of methoxy groups -OCH3 is 2. The lowest BCUT2D eigenvalue weighted by Crippen LogP contribution is -2.29. The summed E-state index contributed by atoms with van der Waals surface area (Å²) in [5, 5.41) is 0. The van der Waals surface area contributed by atoms with Crippen LogP contribution >= 0.6 is 0 Å². The van der Waals surface area contributed by atoms with Crippen molar-refractivity contribution >= 4 is 12.1 Å². The normalized spacial score (nSPS) is 13.5. The second-order valence-corrected chi connectivity index (χ2v) is 40.4. The molecule has 16 aromatic carbocycles. The lowest BCUT2D eigenvalue weighted by molar-refractivity contribution is -0.191. The van der Waals surface area contributed by atoms with Gasteiger partial charge in [-0.3, -0.25) is 0 Å². The van der Waals surface area contributed by atoms with Gasteiger partial charge in [0.05, 0.1) is 61.3 Å². The van der Waals surface area contributed by atoms with E-state index in [1.54, 1.807) is 14.2 Å². The smallest absolute Gasteiger partial charge is 0.373 e. The summed E-state index contributed by atoms with van der Waals surface area (Å²) in [7, 11) is 3.42. The van der Waals surface area contributed by atoms with Crippen molar-refractivity contribution in [1.82, 2.24) is 0 Å². The van der Waals surface area contributed by atoms with Gasteiger partial charge in [-0.1, -0.05) is 360 Å². The second kappa shape index (κ2) is 41.0. The molecular formula is C132H130O10. The largest absolute Gasteiger partial charge is 0.497 e. The minimum absolute atomic E-state index is 0.0883. The molecule has 0 fully saturated rings. The second-order valence-electron chi connectivity index (χ2n) is 40.4. The summed E-state index contributed by atoms with van der Waals surface area (Å²) in [6, 6.07) is 121. The molecule has 718 valence electrons. The average molecular weight is 1880 g/mol. The zero-order chi connectivity index (χ0) is 100. The van der Waals surface area contributed by atoms with Crippen molar-refractivity contribution in [2.45, 2.75) is 164 Å².